The molecule has 0 bridgehead atoms. The van der Waals surface area contributed by atoms with Crippen LogP contribution in [-0.2, 0) is 0 Å². The molecule has 0 fully saturated rings. The Morgan fingerprint density at radius 3 is 2.30 bits per heavy atom. The Bertz CT molecular complexity index is 79.3. The highest BCUT2D eigenvalue weighted by molar-refractivity contribution is 4.69. The van der Waals surface area contributed by atoms with Crippen LogP contribution in [0.1, 0.15) is 39.5 Å². The molecule has 0 saturated heterocycles. The standard InChI is InChI=1S/C8H18O2/c1-3-8(2,10)6-4-5-7-9/h9-10H,3-7H2,1-2H3. The summed E-state index contributed by atoms with van der Waals surface area (Å²) in [5.41, 5.74) is -0.519. The van der Waals surface area contributed by atoms with Crippen molar-refractivity contribution >= 4 is 0 Å². The molecule has 1 atom stereocenters. The average molecular weight is 146 g/mol. The van der Waals surface area contributed by atoms with Crippen molar-refractivity contribution in [1.82, 2.24) is 0 Å². The molecule has 0 aliphatic carbocycles. The molecule has 0 aromatic heterocycles. The van der Waals surface area contributed by atoms with E-state index in [1.165, 1.54) is 0 Å². The van der Waals surface area contributed by atoms with Crippen LogP contribution >= 0.6 is 0 Å². The second-order valence-corrected chi connectivity index (χ2v) is 3.03. The molecule has 0 aromatic carbocycles. The summed E-state index contributed by atoms with van der Waals surface area (Å²) < 4.78 is 0. The fourth-order valence-electron chi connectivity index (χ4n) is 0.794. The van der Waals surface area contributed by atoms with Gasteiger partial charge in [0, 0.05) is 6.61 Å². The fourth-order valence-corrected chi connectivity index (χ4v) is 0.794. The molecule has 10 heavy (non-hydrogen) atoms. The smallest absolute Gasteiger partial charge is 0.0617 e. The Kier molecular flexibility index (Phi) is 4.65. The number of hydrogen-bond acceptors (Lipinski definition) is 2. The lowest BCUT2D eigenvalue weighted by Gasteiger charge is -2.20. The molecule has 0 aliphatic heterocycles. The summed E-state index contributed by atoms with van der Waals surface area (Å²) in [6.45, 7) is 4.04. The quantitative estimate of drug-likeness (QED) is 0.574. The van der Waals surface area contributed by atoms with Crippen molar-refractivity contribution in [2.75, 3.05) is 6.61 Å². The Morgan fingerprint density at radius 2 is 1.90 bits per heavy atom. The molecule has 2 nitrogen and oxygen atoms in total. The van der Waals surface area contributed by atoms with Crippen LogP contribution in [0.25, 0.3) is 0 Å². The van der Waals surface area contributed by atoms with Crippen LogP contribution in [0.3, 0.4) is 0 Å². The van der Waals surface area contributed by atoms with Crippen molar-refractivity contribution in [3.63, 3.8) is 0 Å². The Balaban J connectivity index is 3.28. The van der Waals surface area contributed by atoms with E-state index < -0.39 is 5.60 Å². The molecule has 0 saturated carbocycles. The van der Waals surface area contributed by atoms with Gasteiger partial charge in [0.15, 0.2) is 0 Å². The van der Waals surface area contributed by atoms with E-state index >= 15 is 0 Å². The highest BCUT2D eigenvalue weighted by atomic mass is 16.3. The molecule has 2 N–H and O–H groups in total. The topological polar surface area (TPSA) is 40.5 Å². The minimum absolute atomic E-state index is 0.236. The highest BCUT2D eigenvalue weighted by Gasteiger charge is 2.15. The van der Waals surface area contributed by atoms with E-state index in [0.29, 0.717) is 0 Å². The van der Waals surface area contributed by atoms with Gasteiger partial charge in [-0.3, -0.25) is 0 Å². The second kappa shape index (κ2) is 4.69. The average Bonchev–Trinajstić information content (AvgIpc) is 1.89. The molecule has 0 heterocycles. The minimum Gasteiger partial charge on any atom is -0.396 e. The third-order valence-electron chi connectivity index (χ3n) is 1.89. The Labute approximate surface area is 62.9 Å². The second-order valence-electron chi connectivity index (χ2n) is 3.03. The number of rotatable bonds is 5. The zero-order valence-electron chi connectivity index (χ0n) is 6.93. The van der Waals surface area contributed by atoms with Gasteiger partial charge >= 0.3 is 0 Å². The van der Waals surface area contributed by atoms with Gasteiger partial charge in [-0.25, -0.2) is 0 Å². The molecule has 0 rings (SSSR count). The zero-order chi connectivity index (χ0) is 8.04. The molecular weight excluding hydrogens is 128 g/mol. The molecular formula is C8H18O2. The van der Waals surface area contributed by atoms with E-state index in [4.69, 9.17) is 5.11 Å². The molecule has 2 heteroatoms. The van der Waals surface area contributed by atoms with E-state index in [2.05, 4.69) is 0 Å². The predicted octanol–water partition coefficient (Wildman–Crippen LogP) is 1.31. The van der Waals surface area contributed by atoms with Gasteiger partial charge in [-0.05, 0) is 32.6 Å². The summed E-state index contributed by atoms with van der Waals surface area (Å²) in [4.78, 5) is 0. The largest absolute Gasteiger partial charge is 0.396 e. The molecule has 1 unspecified atom stereocenters. The summed E-state index contributed by atoms with van der Waals surface area (Å²) in [7, 11) is 0. The van der Waals surface area contributed by atoms with Crippen molar-refractivity contribution in [1.29, 1.82) is 0 Å². The van der Waals surface area contributed by atoms with E-state index in [-0.39, 0.29) is 6.61 Å². The van der Waals surface area contributed by atoms with Gasteiger partial charge in [-0.1, -0.05) is 6.92 Å². The maximum Gasteiger partial charge on any atom is 0.0617 e. The molecule has 0 aromatic rings. The summed E-state index contributed by atoms with van der Waals surface area (Å²) in [6.07, 6.45) is 3.30. The van der Waals surface area contributed by atoms with Gasteiger partial charge in [-0.15, -0.1) is 0 Å². The van der Waals surface area contributed by atoms with Gasteiger partial charge in [0.1, 0.15) is 0 Å². The van der Waals surface area contributed by atoms with E-state index in [9.17, 15) is 5.11 Å². The third kappa shape index (κ3) is 4.77. The van der Waals surface area contributed by atoms with Crippen LogP contribution < -0.4 is 0 Å². The van der Waals surface area contributed by atoms with E-state index in [0.717, 1.165) is 25.7 Å². The first-order chi connectivity index (χ1) is 4.62. The molecule has 0 radical (unpaired) electrons. The first-order valence-electron chi connectivity index (χ1n) is 3.95. The third-order valence-corrected chi connectivity index (χ3v) is 1.89. The van der Waals surface area contributed by atoms with E-state index in [1.54, 1.807) is 0 Å². The van der Waals surface area contributed by atoms with Crippen LogP contribution in [0.15, 0.2) is 0 Å². The number of aliphatic hydroxyl groups excluding tert-OH is 1. The highest BCUT2D eigenvalue weighted by Crippen LogP contribution is 2.16. The van der Waals surface area contributed by atoms with Gasteiger partial charge in [0.05, 0.1) is 5.60 Å². The predicted molar refractivity (Wildman–Crippen MR) is 41.9 cm³/mol. The van der Waals surface area contributed by atoms with Gasteiger partial charge in [0.25, 0.3) is 0 Å². The lowest BCUT2D eigenvalue weighted by Crippen LogP contribution is -2.22. The SMILES string of the molecule is CCC(C)(O)CCCCO. The molecule has 62 valence electrons. The summed E-state index contributed by atoms with van der Waals surface area (Å²) in [5, 5.41) is 17.9. The number of unbranched alkanes of at least 4 members (excludes halogenated alkanes) is 1. The zero-order valence-corrected chi connectivity index (χ0v) is 6.93. The minimum atomic E-state index is -0.519. The summed E-state index contributed by atoms with van der Waals surface area (Å²) in [5.74, 6) is 0. The number of aliphatic hydroxyl groups is 2. The van der Waals surface area contributed by atoms with Crippen molar-refractivity contribution in [2.24, 2.45) is 0 Å². The molecule has 0 aliphatic rings. The van der Waals surface area contributed by atoms with Crippen molar-refractivity contribution in [3.8, 4) is 0 Å². The first kappa shape index (κ1) is 9.92. The van der Waals surface area contributed by atoms with Crippen LogP contribution in [0.5, 0.6) is 0 Å². The monoisotopic (exact) mass is 146 g/mol. The van der Waals surface area contributed by atoms with Gasteiger partial charge in [0.2, 0.25) is 0 Å². The van der Waals surface area contributed by atoms with Crippen LogP contribution in [0.4, 0.5) is 0 Å². The number of hydrogen-bond donors (Lipinski definition) is 2. The van der Waals surface area contributed by atoms with Crippen molar-refractivity contribution < 1.29 is 10.2 Å². The van der Waals surface area contributed by atoms with Gasteiger partial charge < -0.3 is 10.2 Å². The normalized spacial score (nSPS) is 16.8. The maximum atomic E-state index is 9.47. The van der Waals surface area contributed by atoms with Crippen LogP contribution in [0.2, 0.25) is 0 Å². The summed E-state index contributed by atoms with van der Waals surface area (Å²) in [6, 6.07) is 0. The van der Waals surface area contributed by atoms with Crippen molar-refractivity contribution in [3.05, 3.63) is 0 Å². The maximum absolute atomic E-state index is 9.47. The molecule has 0 spiro atoms. The van der Waals surface area contributed by atoms with E-state index in [1.807, 2.05) is 13.8 Å². The van der Waals surface area contributed by atoms with Gasteiger partial charge in [-0.2, -0.15) is 0 Å². The Morgan fingerprint density at radius 1 is 1.30 bits per heavy atom. The Hall–Kier alpha value is -0.0800. The van der Waals surface area contributed by atoms with Crippen molar-refractivity contribution in [2.45, 2.75) is 45.1 Å². The van der Waals surface area contributed by atoms with Crippen LogP contribution in [0, 0.1) is 0 Å². The first-order valence-corrected chi connectivity index (χ1v) is 3.95. The lowest BCUT2D eigenvalue weighted by molar-refractivity contribution is 0.0432. The molecule has 0 amide bonds. The summed E-state index contributed by atoms with van der Waals surface area (Å²) >= 11 is 0. The fraction of sp³-hybridized carbons (Fsp3) is 1.00. The van der Waals surface area contributed by atoms with Crippen LogP contribution in [-0.4, -0.2) is 22.4 Å². The lowest BCUT2D eigenvalue weighted by atomic mass is 9.96.